The first-order valence-electron chi connectivity index (χ1n) is 8.72. The van der Waals surface area contributed by atoms with Crippen molar-refractivity contribution in [3.8, 4) is 0 Å². The summed E-state index contributed by atoms with van der Waals surface area (Å²) in [6.07, 6.45) is 9.40. The summed E-state index contributed by atoms with van der Waals surface area (Å²) in [5.74, 6) is 2.82. The van der Waals surface area contributed by atoms with E-state index in [2.05, 4.69) is 12.2 Å². The molecule has 2 aliphatic carbocycles. The molecule has 1 N–H and O–H groups in total. The van der Waals surface area contributed by atoms with Crippen LogP contribution < -0.4 is 5.32 Å². The summed E-state index contributed by atoms with van der Waals surface area (Å²) >= 11 is 0. The second kappa shape index (κ2) is 6.91. The van der Waals surface area contributed by atoms with E-state index in [4.69, 9.17) is 0 Å². The van der Waals surface area contributed by atoms with Gasteiger partial charge in [-0.25, -0.2) is 4.39 Å². The molecule has 116 valence electrons. The van der Waals surface area contributed by atoms with Crippen molar-refractivity contribution < 1.29 is 4.39 Å². The van der Waals surface area contributed by atoms with E-state index in [9.17, 15) is 4.39 Å². The van der Waals surface area contributed by atoms with E-state index in [1.807, 2.05) is 12.1 Å². The van der Waals surface area contributed by atoms with Crippen LogP contribution in [0.2, 0.25) is 0 Å². The van der Waals surface area contributed by atoms with Gasteiger partial charge in [-0.15, -0.1) is 0 Å². The molecule has 4 unspecified atom stereocenters. The number of hydrogen-bond acceptors (Lipinski definition) is 1. The van der Waals surface area contributed by atoms with Gasteiger partial charge >= 0.3 is 0 Å². The van der Waals surface area contributed by atoms with Gasteiger partial charge in [0.15, 0.2) is 0 Å². The average Bonchev–Trinajstić information content (AvgIpc) is 3.09. The summed E-state index contributed by atoms with van der Waals surface area (Å²) in [6, 6.07) is 7.61. The van der Waals surface area contributed by atoms with Crippen LogP contribution in [0.4, 0.5) is 4.39 Å². The van der Waals surface area contributed by atoms with Gasteiger partial charge in [0.1, 0.15) is 5.82 Å². The minimum absolute atomic E-state index is 0.134. The van der Waals surface area contributed by atoms with Gasteiger partial charge in [0.25, 0.3) is 0 Å². The number of nitrogens with one attached hydrogen (secondary N) is 1. The third-order valence-electron chi connectivity index (χ3n) is 5.55. The molecule has 2 fully saturated rings. The Labute approximate surface area is 128 Å². The first kappa shape index (κ1) is 15.0. The van der Waals surface area contributed by atoms with E-state index < -0.39 is 0 Å². The van der Waals surface area contributed by atoms with Crippen LogP contribution in [-0.4, -0.2) is 12.6 Å². The Morgan fingerprint density at radius 3 is 2.62 bits per heavy atom. The Kier molecular flexibility index (Phi) is 4.95. The van der Waals surface area contributed by atoms with Gasteiger partial charge in [-0.1, -0.05) is 25.5 Å². The number of halogens is 1. The van der Waals surface area contributed by atoms with Crippen molar-refractivity contribution in [2.45, 2.75) is 57.9 Å². The Morgan fingerprint density at radius 2 is 2.00 bits per heavy atom. The lowest BCUT2D eigenvalue weighted by atomic mass is 9.83. The second-order valence-electron chi connectivity index (χ2n) is 7.15. The Bertz CT molecular complexity index is 441. The summed E-state index contributed by atoms with van der Waals surface area (Å²) in [4.78, 5) is 0. The Balaban J connectivity index is 1.59. The fourth-order valence-corrected chi connectivity index (χ4v) is 4.52. The minimum atomic E-state index is -0.134. The van der Waals surface area contributed by atoms with Crippen LogP contribution >= 0.6 is 0 Å². The third-order valence-corrected chi connectivity index (χ3v) is 5.55. The van der Waals surface area contributed by atoms with Gasteiger partial charge < -0.3 is 5.32 Å². The van der Waals surface area contributed by atoms with Crippen LogP contribution in [0.5, 0.6) is 0 Å². The van der Waals surface area contributed by atoms with Gasteiger partial charge in [-0.05, 0) is 80.5 Å². The monoisotopic (exact) mass is 289 g/mol. The van der Waals surface area contributed by atoms with Crippen molar-refractivity contribution in [1.29, 1.82) is 0 Å². The van der Waals surface area contributed by atoms with Crippen molar-refractivity contribution in [3.05, 3.63) is 35.6 Å². The molecule has 0 aliphatic heterocycles. The molecule has 2 aliphatic rings. The molecule has 0 amide bonds. The molecule has 1 aromatic rings. The number of hydrogen-bond donors (Lipinski definition) is 1. The highest BCUT2D eigenvalue weighted by molar-refractivity contribution is 5.17. The topological polar surface area (TPSA) is 12.0 Å². The van der Waals surface area contributed by atoms with E-state index in [0.717, 1.165) is 30.7 Å². The molecule has 2 bridgehead atoms. The van der Waals surface area contributed by atoms with Crippen molar-refractivity contribution in [2.75, 3.05) is 6.54 Å². The van der Waals surface area contributed by atoms with E-state index in [1.54, 1.807) is 12.1 Å². The highest BCUT2D eigenvalue weighted by atomic mass is 19.1. The highest BCUT2D eigenvalue weighted by Gasteiger charge is 2.39. The van der Waals surface area contributed by atoms with Crippen LogP contribution in [-0.2, 0) is 6.42 Å². The maximum atomic E-state index is 13.0. The molecule has 0 spiro atoms. The van der Waals surface area contributed by atoms with Crippen LogP contribution in [0.25, 0.3) is 0 Å². The molecule has 3 rings (SSSR count). The number of benzene rings is 1. The van der Waals surface area contributed by atoms with E-state index in [1.165, 1.54) is 44.1 Å². The smallest absolute Gasteiger partial charge is 0.123 e. The summed E-state index contributed by atoms with van der Waals surface area (Å²) in [6.45, 7) is 3.31. The van der Waals surface area contributed by atoms with Crippen molar-refractivity contribution in [3.63, 3.8) is 0 Å². The van der Waals surface area contributed by atoms with Gasteiger partial charge in [0.05, 0.1) is 0 Å². The molecule has 0 heterocycles. The first-order chi connectivity index (χ1) is 10.2. The fraction of sp³-hybridized carbons (Fsp3) is 0.684. The van der Waals surface area contributed by atoms with Crippen LogP contribution in [0.15, 0.2) is 24.3 Å². The predicted molar refractivity (Wildman–Crippen MR) is 85.7 cm³/mol. The molecule has 1 aromatic carbocycles. The average molecular weight is 289 g/mol. The summed E-state index contributed by atoms with van der Waals surface area (Å²) in [5.41, 5.74) is 1.26. The second-order valence-corrected chi connectivity index (χ2v) is 7.15. The molecular formula is C19H28FN. The van der Waals surface area contributed by atoms with Crippen molar-refractivity contribution >= 4 is 0 Å². The zero-order chi connectivity index (χ0) is 14.7. The van der Waals surface area contributed by atoms with Crippen LogP contribution in [0.3, 0.4) is 0 Å². The predicted octanol–water partition coefficient (Wildman–Crippen LogP) is 4.56. The Morgan fingerprint density at radius 1 is 1.19 bits per heavy atom. The SMILES string of the molecule is CCCNC(Cc1ccc(F)cc1)CC1CC2CCC1C2. The molecule has 0 radical (unpaired) electrons. The quantitative estimate of drug-likeness (QED) is 0.775. The van der Waals surface area contributed by atoms with E-state index in [-0.39, 0.29) is 5.82 Å². The zero-order valence-electron chi connectivity index (χ0n) is 13.2. The minimum Gasteiger partial charge on any atom is -0.314 e. The highest BCUT2D eigenvalue weighted by Crippen LogP contribution is 2.49. The van der Waals surface area contributed by atoms with Gasteiger partial charge in [0, 0.05) is 6.04 Å². The largest absolute Gasteiger partial charge is 0.314 e. The molecular weight excluding hydrogens is 261 g/mol. The lowest BCUT2D eigenvalue weighted by Gasteiger charge is -2.27. The lowest BCUT2D eigenvalue weighted by Crippen LogP contribution is -2.34. The van der Waals surface area contributed by atoms with Crippen LogP contribution in [0.1, 0.15) is 51.0 Å². The summed E-state index contributed by atoms with van der Waals surface area (Å²) in [7, 11) is 0. The summed E-state index contributed by atoms with van der Waals surface area (Å²) in [5, 5.41) is 3.73. The molecule has 4 atom stereocenters. The number of fused-ring (bicyclic) bond motifs is 2. The van der Waals surface area contributed by atoms with E-state index in [0.29, 0.717) is 6.04 Å². The molecule has 21 heavy (non-hydrogen) atoms. The summed E-state index contributed by atoms with van der Waals surface area (Å²) < 4.78 is 13.0. The molecule has 1 nitrogen and oxygen atoms in total. The van der Waals surface area contributed by atoms with E-state index >= 15 is 0 Å². The first-order valence-corrected chi connectivity index (χ1v) is 8.72. The fourth-order valence-electron chi connectivity index (χ4n) is 4.52. The van der Waals surface area contributed by atoms with Crippen molar-refractivity contribution in [1.82, 2.24) is 5.32 Å². The molecule has 0 aromatic heterocycles. The Hall–Kier alpha value is -0.890. The normalized spacial score (nSPS) is 29.0. The van der Waals surface area contributed by atoms with Gasteiger partial charge in [-0.3, -0.25) is 0 Å². The third kappa shape index (κ3) is 3.85. The van der Waals surface area contributed by atoms with Gasteiger partial charge in [-0.2, -0.15) is 0 Å². The number of rotatable bonds is 7. The standard InChI is InChI=1S/C19H28FN/c1-2-9-21-19(12-14-4-7-18(20)8-5-14)13-17-11-15-3-6-16(17)10-15/h4-5,7-8,15-17,19,21H,2-3,6,9-13H2,1H3. The molecule has 2 heteroatoms. The maximum absolute atomic E-state index is 13.0. The van der Waals surface area contributed by atoms with Gasteiger partial charge in [0.2, 0.25) is 0 Å². The lowest BCUT2D eigenvalue weighted by molar-refractivity contribution is 0.276. The molecule has 2 saturated carbocycles. The van der Waals surface area contributed by atoms with Crippen molar-refractivity contribution in [2.24, 2.45) is 17.8 Å². The van der Waals surface area contributed by atoms with Crippen LogP contribution in [0, 0.1) is 23.6 Å². The zero-order valence-corrected chi connectivity index (χ0v) is 13.2. The maximum Gasteiger partial charge on any atom is 0.123 e. The molecule has 0 saturated heterocycles.